The number of amides is 1. The van der Waals surface area contributed by atoms with Gasteiger partial charge in [0.25, 0.3) is 5.91 Å². The number of hydrogen-bond acceptors (Lipinski definition) is 7. The largest absolute Gasteiger partial charge is 0.490 e. The Hall–Kier alpha value is -4.60. The summed E-state index contributed by atoms with van der Waals surface area (Å²) in [5, 5.41) is 2.80. The first kappa shape index (κ1) is 20.3. The highest BCUT2D eigenvalue weighted by Gasteiger charge is 2.24. The lowest BCUT2D eigenvalue weighted by Crippen LogP contribution is -2.20. The molecule has 4 aromatic rings. The number of imidazole rings is 1. The van der Waals surface area contributed by atoms with E-state index in [-0.39, 0.29) is 17.9 Å². The number of fused-ring (bicyclic) bond motifs is 2. The fourth-order valence-electron chi connectivity index (χ4n) is 3.45. The van der Waals surface area contributed by atoms with Gasteiger partial charge in [-0.1, -0.05) is 12.1 Å². The number of pyridine rings is 1. The number of nitrogens with one attached hydrogen (secondary N) is 3. The van der Waals surface area contributed by atoms with Crippen molar-refractivity contribution in [3.8, 4) is 23.0 Å². The van der Waals surface area contributed by atoms with E-state index in [4.69, 9.17) is 14.2 Å². The Bertz CT molecular complexity index is 1410. The van der Waals surface area contributed by atoms with Gasteiger partial charge in [-0.2, -0.15) is 0 Å². The molecule has 0 spiro atoms. The molecule has 1 radical (unpaired) electrons. The standard InChI is InChI=1S/C23H17N4O6/c28-12-15-8-10-31-18-6-2-5-16(20(18)33-15)22(29)25-13-3-1-4-14(11-13)32-17-7-9-24-21-19(17)26-23(30)27-21/h1-7,9,11,15H,8,10H2,(H,25,29)(H2,24,26,27,30). The minimum Gasteiger partial charge on any atom is -0.490 e. The van der Waals surface area contributed by atoms with Crippen molar-refractivity contribution in [1.29, 1.82) is 0 Å². The molecule has 165 valence electrons. The molecule has 2 aromatic heterocycles. The van der Waals surface area contributed by atoms with Gasteiger partial charge in [0.15, 0.2) is 29.0 Å². The lowest BCUT2D eigenvalue weighted by Gasteiger charge is -2.14. The molecule has 0 saturated carbocycles. The number of para-hydroxylation sites is 1. The van der Waals surface area contributed by atoms with E-state index >= 15 is 0 Å². The van der Waals surface area contributed by atoms with Gasteiger partial charge in [-0.25, -0.2) is 9.78 Å². The SMILES string of the molecule is O=[C]C1CCOc2cccc(C(=O)Nc3cccc(Oc4ccnc5[nH]c(=O)[nH]c45)c3)c2O1. The number of aromatic nitrogens is 3. The molecule has 1 amide bonds. The first-order chi connectivity index (χ1) is 16.1. The third kappa shape index (κ3) is 4.13. The summed E-state index contributed by atoms with van der Waals surface area (Å²) in [6.45, 7) is 0.284. The highest BCUT2D eigenvalue weighted by Crippen LogP contribution is 2.35. The topological polar surface area (TPSA) is 135 Å². The average molecular weight is 445 g/mol. The van der Waals surface area contributed by atoms with Gasteiger partial charge in [0.1, 0.15) is 11.3 Å². The molecular formula is C23H17N4O6. The van der Waals surface area contributed by atoms with Crippen LogP contribution in [0.15, 0.2) is 59.5 Å². The van der Waals surface area contributed by atoms with Crippen molar-refractivity contribution in [2.75, 3.05) is 11.9 Å². The summed E-state index contributed by atoms with van der Waals surface area (Å²) in [5.74, 6) is 0.977. The molecular weight excluding hydrogens is 428 g/mol. The zero-order chi connectivity index (χ0) is 22.8. The number of ether oxygens (including phenoxy) is 3. The molecule has 0 aliphatic carbocycles. The summed E-state index contributed by atoms with van der Waals surface area (Å²) >= 11 is 0. The average Bonchev–Trinajstić information content (AvgIpc) is 3.07. The maximum Gasteiger partial charge on any atom is 0.325 e. The van der Waals surface area contributed by atoms with Gasteiger partial charge >= 0.3 is 5.69 Å². The van der Waals surface area contributed by atoms with Crippen molar-refractivity contribution in [2.45, 2.75) is 12.5 Å². The number of benzene rings is 2. The van der Waals surface area contributed by atoms with Crippen LogP contribution in [0.5, 0.6) is 23.0 Å². The van der Waals surface area contributed by atoms with Crippen LogP contribution in [0.25, 0.3) is 11.2 Å². The number of rotatable bonds is 5. The Morgan fingerprint density at radius 2 is 2.06 bits per heavy atom. The van der Waals surface area contributed by atoms with Crippen molar-refractivity contribution in [1.82, 2.24) is 15.0 Å². The number of carbonyl (C=O) groups is 1. The normalized spacial score (nSPS) is 15.0. The lowest BCUT2D eigenvalue weighted by molar-refractivity contribution is 0.102. The van der Waals surface area contributed by atoms with Crippen molar-refractivity contribution in [3.63, 3.8) is 0 Å². The van der Waals surface area contributed by atoms with Gasteiger partial charge in [-0.3, -0.25) is 14.6 Å². The van der Waals surface area contributed by atoms with E-state index in [1.807, 2.05) is 6.29 Å². The summed E-state index contributed by atoms with van der Waals surface area (Å²) in [7, 11) is 0. The monoisotopic (exact) mass is 445 g/mol. The van der Waals surface area contributed by atoms with Crippen LogP contribution >= 0.6 is 0 Å². The van der Waals surface area contributed by atoms with Gasteiger partial charge < -0.3 is 24.5 Å². The van der Waals surface area contributed by atoms with Crippen LogP contribution in [0.3, 0.4) is 0 Å². The molecule has 1 atom stereocenters. The second kappa shape index (κ2) is 8.50. The van der Waals surface area contributed by atoms with Gasteiger partial charge in [-0.15, -0.1) is 0 Å². The van der Waals surface area contributed by atoms with Gasteiger partial charge in [0.05, 0.1) is 12.2 Å². The summed E-state index contributed by atoms with van der Waals surface area (Å²) in [5.41, 5.74) is 1.11. The molecule has 33 heavy (non-hydrogen) atoms. The molecule has 3 heterocycles. The van der Waals surface area contributed by atoms with Crippen LogP contribution in [-0.2, 0) is 4.79 Å². The Balaban J connectivity index is 1.39. The van der Waals surface area contributed by atoms with E-state index < -0.39 is 17.7 Å². The molecule has 1 aliphatic heterocycles. The molecule has 0 bridgehead atoms. The van der Waals surface area contributed by atoms with Crippen LogP contribution in [0, 0.1) is 0 Å². The highest BCUT2D eigenvalue weighted by molar-refractivity contribution is 6.06. The molecule has 10 heteroatoms. The molecule has 10 nitrogen and oxygen atoms in total. The van der Waals surface area contributed by atoms with Crippen molar-refractivity contribution < 1.29 is 23.8 Å². The Morgan fingerprint density at radius 3 is 2.94 bits per heavy atom. The Kier molecular flexibility index (Phi) is 5.23. The van der Waals surface area contributed by atoms with Crippen LogP contribution in [0.2, 0.25) is 0 Å². The number of hydrogen-bond donors (Lipinski definition) is 3. The first-order valence-electron chi connectivity index (χ1n) is 10.1. The lowest BCUT2D eigenvalue weighted by atomic mass is 10.1. The highest BCUT2D eigenvalue weighted by atomic mass is 16.5. The molecule has 0 saturated heterocycles. The zero-order valence-electron chi connectivity index (χ0n) is 17.1. The summed E-state index contributed by atoms with van der Waals surface area (Å²) in [6.07, 6.45) is 2.86. The van der Waals surface area contributed by atoms with E-state index in [1.54, 1.807) is 48.5 Å². The van der Waals surface area contributed by atoms with E-state index in [0.29, 0.717) is 40.5 Å². The number of carbonyl (C=O) groups excluding carboxylic acids is 2. The fraction of sp³-hybridized carbons (Fsp3) is 0.130. The molecule has 1 unspecified atom stereocenters. The van der Waals surface area contributed by atoms with Crippen molar-refractivity contribution >= 4 is 29.0 Å². The Labute approximate surface area is 186 Å². The van der Waals surface area contributed by atoms with Crippen molar-refractivity contribution in [3.05, 3.63) is 70.8 Å². The maximum absolute atomic E-state index is 13.0. The van der Waals surface area contributed by atoms with E-state index in [0.717, 1.165) is 0 Å². The first-order valence-corrected chi connectivity index (χ1v) is 10.1. The molecule has 2 aromatic carbocycles. The smallest absolute Gasteiger partial charge is 0.325 e. The number of nitrogens with zero attached hydrogens (tertiary/aromatic N) is 1. The zero-order valence-corrected chi connectivity index (χ0v) is 17.1. The third-order valence-corrected chi connectivity index (χ3v) is 4.96. The molecule has 1 aliphatic rings. The van der Waals surface area contributed by atoms with E-state index in [2.05, 4.69) is 20.3 Å². The minimum absolute atomic E-state index is 0.198. The molecule has 0 fully saturated rings. The van der Waals surface area contributed by atoms with Gasteiger partial charge in [0.2, 0.25) is 6.29 Å². The molecule has 3 N–H and O–H groups in total. The van der Waals surface area contributed by atoms with Gasteiger partial charge in [0, 0.05) is 30.4 Å². The third-order valence-electron chi connectivity index (χ3n) is 4.96. The summed E-state index contributed by atoms with van der Waals surface area (Å²) in [4.78, 5) is 45.0. The van der Waals surface area contributed by atoms with Gasteiger partial charge in [-0.05, 0) is 24.3 Å². The van der Waals surface area contributed by atoms with Crippen LogP contribution in [-0.4, -0.2) is 39.9 Å². The fourth-order valence-corrected chi connectivity index (χ4v) is 3.45. The minimum atomic E-state index is -0.811. The van der Waals surface area contributed by atoms with Crippen LogP contribution in [0.1, 0.15) is 16.8 Å². The van der Waals surface area contributed by atoms with Crippen molar-refractivity contribution in [2.24, 2.45) is 0 Å². The second-order valence-electron chi connectivity index (χ2n) is 7.19. The predicted octanol–water partition coefficient (Wildman–Crippen LogP) is 2.94. The quantitative estimate of drug-likeness (QED) is 0.430. The second-order valence-corrected chi connectivity index (χ2v) is 7.19. The van der Waals surface area contributed by atoms with Crippen LogP contribution < -0.4 is 25.2 Å². The number of anilines is 1. The van der Waals surface area contributed by atoms with E-state index in [9.17, 15) is 14.4 Å². The van der Waals surface area contributed by atoms with Crippen LogP contribution in [0.4, 0.5) is 5.69 Å². The maximum atomic E-state index is 13.0. The predicted molar refractivity (Wildman–Crippen MR) is 118 cm³/mol. The number of H-pyrrole nitrogens is 2. The molecule has 5 rings (SSSR count). The summed E-state index contributed by atoms with van der Waals surface area (Å²) < 4.78 is 17.2. The Morgan fingerprint density at radius 1 is 1.18 bits per heavy atom. The number of aromatic amines is 2. The summed E-state index contributed by atoms with van der Waals surface area (Å²) in [6, 6.07) is 13.3. The van der Waals surface area contributed by atoms with E-state index in [1.165, 1.54) is 6.20 Å².